The zero-order chi connectivity index (χ0) is 10.9. The number of carbonyl (C=O) groups is 1. The number of rotatable bonds is 2. The van der Waals surface area contributed by atoms with E-state index in [-0.39, 0.29) is 6.04 Å². The Bertz CT molecular complexity index is 471. The number of hydrogen-bond donors (Lipinski definition) is 2. The second-order valence-electron chi connectivity index (χ2n) is 3.01. The minimum absolute atomic E-state index is 0.252. The van der Waals surface area contributed by atoms with Gasteiger partial charge in [0.05, 0.1) is 6.04 Å². The predicted octanol–water partition coefficient (Wildman–Crippen LogP) is -1.39. The van der Waals surface area contributed by atoms with Gasteiger partial charge in [-0.2, -0.15) is 5.10 Å². The van der Waals surface area contributed by atoms with Crippen molar-refractivity contribution in [2.45, 2.75) is 19.9 Å². The van der Waals surface area contributed by atoms with E-state index in [2.05, 4.69) is 5.10 Å². The maximum Gasteiger partial charge on any atom is 0.345 e. The van der Waals surface area contributed by atoms with Gasteiger partial charge >= 0.3 is 5.69 Å². The molecule has 3 N–H and O–H groups in total. The smallest absolute Gasteiger partial charge is 0.345 e. The number of nitrogens with one attached hydrogen (secondary N) is 1. The molecule has 0 fully saturated rings. The number of nitrogens with two attached hydrogens (primary N) is 1. The van der Waals surface area contributed by atoms with E-state index in [1.807, 2.05) is 4.98 Å². The number of carbonyl (C=O) groups excluding carboxylic acids is 1. The summed E-state index contributed by atoms with van der Waals surface area (Å²) in [5.74, 6) is -0.958. The van der Waals surface area contributed by atoms with Gasteiger partial charge < -0.3 is 5.73 Å². The molecule has 7 nitrogen and oxygen atoms in total. The van der Waals surface area contributed by atoms with Crippen LogP contribution < -0.4 is 17.0 Å². The van der Waals surface area contributed by atoms with Crippen molar-refractivity contribution in [2.24, 2.45) is 5.73 Å². The highest BCUT2D eigenvalue weighted by atomic mass is 16.2. The van der Waals surface area contributed by atoms with E-state index in [9.17, 15) is 14.4 Å². The van der Waals surface area contributed by atoms with Gasteiger partial charge in [-0.25, -0.2) is 9.48 Å². The summed E-state index contributed by atoms with van der Waals surface area (Å²) in [7, 11) is 0. The monoisotopic (exact) mass is 198 g/mol. The van der Waals surface area contributed by atoms with Crippen molar-refractivity contribution in [1.82, 2.24) is 14.8 Å². The fourth-order valence-corrected chi connectivity index (χ4v) is 0.923. The van der Waals surface area contributed by atoms with E-state index in [0.29, 0.717) is 0 Å². The molecule has 0 saturated carbocycles. The van der Waals surface area contributed by atoms with Crippen LogP contribution in [-0.2, 0) is 0 Å². The molecule has 0 aliphatic rings. The highest BCUT2D eigenvalue weighted by Crippen LogP contribution is 1.94. The van der Waals surface area contributed by atoms with E-state index in [1.165, 1.54) is 0 Å². The summed E-state index contributed by atoms with van der Waals surface area (Å²) in [6.45, 7) is 3.38. The van der Waals surface area contributed by atoms with Gasteiger partial charge in [0.25, 0.3) is 11.5 Å². The molecule has 0 radical (unpaired) electrons. The molecule has 1 aromatic rings. The Kier molecular flexibility index (Phi) is 2.50. The average molecular weight is 198 g/mol. The number of H-pyrrole nitrogens is 1. The lowest BCUT2D eigenvalue weighted by atomic mass is 10.4. The van der Waals surface area contributed by atoms with Gasteiger partial charge in [0.1, 0.15) is 0 Å². The minimum atomic E-state index is -0.958. The Labute approximate surface area is 78.6 Å². The van der Waals surface area contributed by atoms with Crippen molar-refractivity contribution < 1.29 is 4.79 Å². The van der Waals surface area contributed by atoms with Crippen molar-refractivity contribution >= 4 is 5.91 Å². The third kappa shape index (κ3) is 1.70. The lowest BCUT2D eigenvalue weighted by Crippen LogP contribution is -2.38. The SMILES string of the molecule is CC(C)n1nc(C(N)=O)c(=O)[nH]c1=O. The van der Waals surface area contributed by atoms with Crippen LogP contribution in [0.4, 0.5) is 0 Å². The van der Waals surface area contributed by atoms with Gasteiger partial charge in [-0.05, 0) is 13.8 Å². The molecule has 1 amide bonds. The molecule has 0 spiro atoms. The van der Waals surface area contributed by atoms with Crippen molar-refractivity contribution in [2.75, 3.05) is 0 Å². The highest BCUT2D eigenvalue weighted by molar-refractivity contribution is 5.90. The Morgan fingerprint density at radius 2 is 2.07 bits per heavy atom. The Hall–Kier alpha value is -1.92. The van der Waals surface area contributed by atoms with Gasteiger partial charge in [0, 0.05) is 0 Å². The normalized spacial score (nSPS) is 10.5. The lowest BCUT2D eigenvalue weighted by molar-refractivity contribution is 0.0990. The van der Waals surface area contributed by atoms with Crippen LogP contribution in [-0.4, -0.2) is 20.7 Å². The lowest BCUT2D eigenvalue weighted by Gasteiger charge is -2.07. The van der Waals surface area contributed by atoms with Crippen molar-refractivity contribution in [3.05, 3.63) is 26.5 Å². The van der Waals surface area contributed by atoms with Gasteiger partial charge in [-0.3, -0.25) is 14.6 Å². The largest absolute Gasteiger partial charge is 0.364 e. The van der Waals surface area contributed by atoms with Crippen LogP contribution in [0.5, 0.6) is 0 Å². The summed E-state index contributed by atoms with van der Waals surface area (Å²) in [5, 5.41) is 3.56. The predicted molar refractivity (Wildman–Crippen MR) is 48.0 cm³/mol. The minimum Gasteiger partial charge on any atom is -0.364 e. The molecular formula is C7H10N4O3. The topological polar surface area (TPSA) is 111 Å². The van der Waals surface area contributed by atoms with Gasteiger partial charge in [0.15, 0.2) is 0 Å². The first-order chi connectivity index (χ1) is 6.43. The first kappa shape index (κ1) is 10.2. The van der Waals surface area contributed by atoms with Crippen LogP contribution in [0.1, 0.15) is 30.4 Å². The van der Waals surface area contributed by atoms with E-state index in [1.54, 1.807) is 13.8 Å². The number of aromatic amines is 1. The highest BCUT2D eigenvalue weighted by Gasteiger charge is 2.12. The molecule has 0 aliphatic heterocycles. The average Bonchev–Trinajstić information content (AvgIpc) is 2.02. The second kappa shape index (κ2) is 3.44. The van der Waals surface area contributed by atoms with Crippen LogP contribution in [0.15, 0.2) is 9.59 Å². The molecule has 0 aliphatic carbocycles. The van der Waals surface area contributed by atoms with Gasteiger partial charge in [0.2, 0.25) is 5.69 Å². The molecular weight excluding hydrogens is 188 g/mol. The Balaban J connectivity index is 3.51. The molecule has 76 valence electrons. The fraction of sp³-hybridized carbons (Fsp3) is 0.429. The summed E-state index contributed by atoms with van der Waals surface area (Å²) in [6.07, 6.45) is 0. The second-order valence-corrected chi connectivity index (χ2v) is 3.01. The summed E-state index contributed by atoms with van der Waals surface area (Å²) < 4.78 is 0.988. The molecule has 14 heavy (non-hydrogen) atoms. The van der Waals surface area contributed by atoms with Gasteiger partial charge in [-0.15, -0.1) is 0 Å². The van der Waals surface area contributed by atoms with E-state index in [4.69, 9.17) is 5.73 Å². The molecule has 0 bridgehead atoms. The first-order valence-electron chi connectivity index (χ1n) is 3.96. The molecule has 7 heteroatoms. The standard InChI is InChI=1S/C7H10N4O3/c1-3(2)11-7(14)9-6(13)4(10-11)5(8)12/h3H,1-2H3,(H2,8,12)(H,9,13,14). The van der Waals surface area contributed by atoms with E-state index < -0.39 is 22.9 Å². The number of primary amides is 1. The van der Waals surface area contributed by atoms with E-state index in [0.717, 1.165) is 4.68 Å². The molecule has 1 aromatic heterocycles. The molecule has 0 saturated heterocycles. The molecule has 0 atom stereocenters. The first-order valence-corrected chi connectivity index (χ1v) is 3.96. The maximum absolute atomic E-state index is 11.1. The Morgan fingerprint density at radius 3 is 2.50 bits per heavy atom. The van der Waals surface area contributed by atoms with Crippen molar-refractivity contribution in [1.29, 1.82) is 0 Å². The van der Waals surface area contributed by atoms with Crippen LogP contribution in [0, 0.1) is 0 Å². The third-order valence-electron chi connectivity index (χ3n) is 1.57. The zero-order valence-corrected chi connectivity index (χ0v) is 7.77. The Morgan fingerprint density at radius 1 is 1.50 bits per heavy atom. The zero-order valence-electron chi connectivity index (χ0n) is 7.77. The van der Waals surface area contributed by atoms with Gasteiger partial charge in [-0.1, -0.05) is 0 Å². The summed E-state index contributed by atoms with van der Waals surface area (Å²) in [4.78, 5) is 34.9. The van der Waals surface area contributed by atoms with Crippen LogP contribution in [0.2, 0.25) is 0 Å². The summed E-state index contributed by atoms with van der Waals surface area (Å²) >= 11 is 0. The third-order valence-corrected chi connectivity index (χ3v) is 1.57. The van der Waals surface area contributed by atoms with Crippen LogP contribution in [0.3, 0.4) is 0 Å². The van der Waals surface area contributed by atoms with Crippen LogP contribution >= 0.6 is 0 Å². The van der Waals surface area contributed by atoms with Crippen LogP contribution in [0.25, 0.3) is 0 Å². The van der Waals surface area contributed by atoms with E-state index >= 15 is 0 Å². The molecule has 1 heterocycles. The molecule has 0 unspecified atom stereocenters. The molecule has 0 aromatic carbocycles. The number of aromatic nitrogens is 3. The summed E-state index contributed by atoms with van der Waals surface area (Å²) in [5.41, 5.74) is 2.92. The number of amides is 1. The quantitative estimate of drug-likeness (QED) is 0.609. The maximum atomic E-state index is 11.1. The fourth-order valence-electron chi connectivity index (χ4n) is 0.923. The number of nitrogens with zero attached hydrogens (tertiary/aromatic N) is 2. The van der Waals surface area contributed by atoms with Crippen molar-refractivity contribution in [3.63, 3.8) is 0 Å². The summed E-state index contributed by atoms with van der Waals surface area (Å²) in [6, 6.07) is -0.252. The number of hydrogen-bond acceptors (Lipinski definition) is 4. The van der Waals surface area contributed by atoms with Crippen molar-refractivity contribution in [3.8, 4) is 0 Å². The molecule has 1 rings (SSSR count).